The second-order valence-corrected chi connectivity index (χ2v) is 5.68. The van der Waals surface area contributed by atoms with Crippen molar-refractivity contribution in [2.24, 2.45) is 5.92 Å². The summed E-state index contributed by atoms with van der Waals surface area (Å²) in [6, 6.07) is 17.7. The third-order valence-corrected chi connectivity index (χ3v) is 4.21. The monoisotopic (exact) mass is 292 g/mol. The Morgan fingerprint density at radius 3 is 2.32 bits per heavy atom. The van der Waals surface area contributed by atoms with E-state index in [2.05, 4.69) is 12.1 Å². The summed E-state index contributed by atoms with van der Waals surface area (Å²) in [7, 11) is 0. The van der Waals surface area contributed by atoms with Crippen LogP contribution in [0.15, 0.2) is 66.7 Å². The van der Waals surface area contributed by atoms with E-state index in [1.165, 1.54) is 0 Å². The van der Waals surface area contributed by atoms with Gasteiger partial charge in [-0.2, -0.15) is 0 Å². The van der Waals surface area contributed by atoms with Crippen molar-refractivity contribution in [3.63, 3.8) is 0 Å². The Morgan fingerprint density at radius 1 is 0.955 bits per heavy atom. The highest BCUT2D eigenvalue weighted by Gasteiger charge is 2.42. The van der Waals surface area contributed by atoms with E-state index < -0.39 is 0 Å². The highest BCUT2D eigenvalue weighted by atomic mass is 16.5. The molecule has 0 aromatic heterocycles. The first-order valence-corrected chi connectivity index (χ1v) is 7.50. The molecule has 22 heavy (non-hydrogen) atoms. The van der Waals surface area contributed by atoms with Crippen LogP contribution in [-0.4, -0.2) is 18.2 Å². The molecule has 0 N–H and O–H groups in total. The van der Waals surface area contributed by atoms with Crippen molar-refractivity contribution in [2.45, 2.75) is 18.6 Å². The van der Waals surface area contributed by atoms with E-state index in [-0.39, 0.29) is 24.1 Å². The van der Waals surface area contributed by atoms with Crippen LogP contribution in [0.4, 0.5) is 0 Å². The molecule has 3 nitrogen and oxygen atoms in total. The van der Waals surface area contributed by atoms with Crippen molar-refractivity contribution in [2.75, 3.05) is 0 Å². The van der Waals surface area contributed by atoms with Crippen molar-refractivity contribution >= 4 is 5.97 Å². The number of benzene rings is 2. The Labute approximate surface area is 129 Å². The van der Waals surface area contributed by atoms with Gasteiger partial charge in [-0.25, -0.2) is 0 Å². The quantitative estimate of drug-likeness (QED) is 0.492. The van der Waals surface area contributed by atoms with Crippen molar-refractivity contribution in [1.29, 1.82) is 0 Å². The molecule has 3 atom stereocenters. The number of hydrogen-bond donors (Lipinski definition) is 0. The summed E-state index contributed by atoms with van der Waals surface area (Å²) >= 11 is 0. The highest BCUT2D eigenvalue weighted by molar-refractivity contribution is 5.77. The van der Waals surface area contributed by atoms with Crippen LogP contribution >= 0.6 is 0 Å². The van der Waals surface area contributed by atoms with Crippen molar-refractivity contribution in [3.05, 3.63) is 66.7 Å². The van der Waals surface area contributed by atoms with Gasteiger partial charge in [-0.15, -0.1) is 0 Å². The average molecular weight is 292 g/mol. The number of fused-ring (bicyclic) bond motifs is 2. The number of ether oxygens (including phenoxy) is 2. The van der Waals surface area contributed by atoms with E-state index in [9.17, 15) is 4.79 Å². The van der Waals surface area contributed by atoms with E-state index in [1.54, 1.807) is 0 Å². The zero-order valence-corrected chi connectivity index (χ0v) is 12.0. The van der Waals surface area contributed by atoms with Crippen LogP contribution in [0.2, 0.25) is 0 Å². The summed E-state index contributed by atoms with van der Waals surface area (Å²) in [5.74, 6) is 0.199. The molecule has 2 aliphatic rings. The predicted octanol–water partition coefficient (Wildman–Crippen LogP) is 3.60. The third kappa shape index (κ3) is 2.44. The molecule has 2 aromatic rings. The molecule has 3 unspecified atom stereocenters. The lowest BCUT2D eigenvalue weighted by Gasteiger charge is -2.14. The molecule has 2 aliphatic heterocycles. The van der Waals surface area contributed by atoms with Crippen LogP contribution in [-0.2, 0) is 9.53 Å². The zero-order valence-electron chi connectivity index (χ0n) is 12.0. The molecule has 1 fully saturated rings. The third-order valence-electron chi connectivity index (χ3n) is 4.21. The Morgan fingerprint density at radius 2 is 1.68 bits per heavy atom. The minimum Gasteiger partial charge on any atom is -0.426 e. The summed E-state index contributed by atoms with van der Waals surface area (Å²) in [5, 5.41) is 0. The lowest BCUT2D eigenvalue weighted by molar-refractivity contribution is -0.139. The van der Waals surface area contributed by atoms with Gasteiger partial charge in [0.25, 0.3) is 0 Å². The topological polar surface area (TPSA) is 35.5 Å². The Hall–Kier alpha value is -2.39. The zero-order chi connectivity index (χ0) is 14.9. The van der Waals surface area contributed by atoms with Gasteiger partial charge in [0.2, 0.25) is 0 Å². The van der Waals surface area contributed by atoms with Gasteiger partial charge >= 0.3 is 5.97 Å². The molecule has 2 heterocycles. The lowest BCUT2D eigenvalue weighted by Crippen LogP contribution is -2.27. The second-order valence-electron chi connectivity index (χ2n) is 5.68. The van der Waals surface area contributed by atoms with Crippen LogP contribution in [0.5, 0.6) is 5.75 Å². The summed E-state index contributed by atoms with van der Waals surface area (Å²) in [6.07, 6.45) is 4.67. The maximum absolute atomic E-state index is 12.2. The first-order chi connectivity index (χ1) is 10.8. The SMILES string of the molecule is O=C(Oc1ccc(-c2ccccc2)cc1)C1CC2C=CC1O2. The van der Waals surface area contributed by atoms with Gasteiger partial charge in [-0.05, 0) is 29.7 Å². The summed E-state index contributed by atoms with van der Waals surface area (Å²) in [5.41, 5.74) is 2.25. The van der Waals surface area contributed by atoms with Gasteiger partial charge in [0.1, 0.15) is 5.75 Å². The second kappa shape index (κ2) is 5.43. The lowest BCUT2D eigenvalue weighted by atomic mass is 9.94. The van der Waals surface area contributed by atoms with Crippen LogP contribution in [0.1, 0.15) is 6.42 Å². The number of carbonyl (C=O) groups excluding carboxylic acids is 1. The Balaban J connectivity index is 1.45. The molecule has 0 aliphatic carbocycles. The fraction of sp³-hybridized carbons (Fsp3) is 0.211. The number of esters is 1. The van der Waals surface area contributed by atoms with Crippen molar-refractivity contribution in [3.8, 4) is 16.9 Å². The molecule has 2 aromatic carbocycles. The van der Waals surface area contributed by atoms with Crippen LogP contribution in [0.3, 0.4) is 0 Å². The molecule has 3 heteroatoms. The van der Waals surface area contributed by atoms with Gasteiger partial charge in [0, 0.05) is 0 Å². The largest absolute Gasteiger partial charge is 0.426 e. The Bertz CT molecular complexity index is 703. The van der Waals surface area contributed by atoms with Crippen LogP contribution < -0.4 is 4.74 Å². The molecular formula is C19H16O3. The number of hydrogen-bond acceptors (Lipinski definition) is 3. The number of rotatable bonds is 3. The summed E-state index contributed by atoms with van der Waals surface area (Å²) in [6.45, 7) is 0. The van der Waals surface area contributed by atoms with Crippen LogP contribution in [0, 0.1) is 5.92 Å². The molecule has 0 spiro atoms. The first kappa shape index (κ1) is 13.3. The molecule has 4 rings (SSSR count). The molecule has 1 saturated heterocycles. The highest BCUT2D eigenvalue weighted by Crippen LogP contribution is 2.34. The molecule has 0 radical (unpaired) electrons. The first-order valence-electron chi connectivity index (χ1n) is 7.50. The molecule has 2 bridgehead atoms. The number of carbonyl (C=O) groups is 1. The van der Waals surface area contributed by atoms with Gasteiger partial charge < -0.3 is 9.47 Å². The smallest absolute Gasteiger partial charge is 0.317 e. The minimum atomic E-state index is -0.204. The normalized spacial score (nSPS) is 25.4. The Kier molecular flexibility index (Phi) is 3.28. The minimum absolute atomic E-state index is 0.0861. The molecular weight excluding hydrogens is 276 g/mol. The van der Waals surface area contributed by atoms with Gasteiger partial charge in [0.05, 0.1) is 18.1 Å². The van der Waals surface area contributed by atoms with Gasteiger partial charge in [-0.3, -0.25) is 4.79 Å². The molecule has 0 saturated carbocycles. The van der Waals surface area contributed by atoms with E-state index in [1.807, 2.05) is 54.6 Å². The average Bonchev–Trinajstić information content (AvgIpc) is 3.19. The standard InChI is InChI=1S/C19H16O3/c20-19(17-12-16-10-11-18(17)21-16)22-15-8-6-14(7-9-15)13-4-2-1-3-5-13/h1-11,16-18H,12H2. The van der Waals surface area contributed by atoms with E-state index in [4.69, 9.17) is 9.47 Å². The van der Waals surface area contributed by atoms with E-state index >= 15 is 0 Å². The molecule has 0 amide bonds. The summed E-state index contributed by atoms with van der Waals surface area (Å²) < 4.78 is 11.1. The maximum Gasteiger partial charge on any atom is 0.317 e. The van der Waals surface area contributed by atoms with E-state index in [0.29, 0.717) is 5.75 Å². The van der Waals surface area contributed by atoms with Crippen molar-refractivity contribution < 1.29 is 14.3 Å². The van der Waals surface area contributed by atoms with Gasteiger partial charge in [-0.1, -0.05) is 54.6 Å². The molecule has 110 valence electrons. The fourth-order valence-electron chi connectivity index (χ4n) is 3.04. The predicted molar refractivity (Wildman–Crippen MR) is 83.4 cm³/mol. The summed E-state index contributed by atoms with van der Waals surface area (Å²) in [4.78, 5) is 12.2. The van der Waals surface area contributed by atoms with Crippen molar-refractivity contribution in [1.82, 2.24) is 0 Å². The fourth-order valence-corrected chi connectivity index (χ4v) is 3.04. The van der Waals surface area contributed by atoms with Gasteiger partial charge in [0.15, 0.2) is 0 Å². The van der Waals surface area contributed by atoms with Crippen LogP contribution in [0.25, 0.3) is 11.1 Å². The van der Waals surface area contributed by atoms with E-state index in [0.717, 1.165) is 17.5 Å². The maximum atomic E-state index is 12.2.